The molecule has 0 aliphatic carbocycles. The van der Waals surface area contributed by atoms with E-state index in [9.17, 15) is 5.11 Å². The second-order valence-corrected chi connectivity index (χ2v) is 6.82. The Labute approximate surface area is 170 Å². The van der Waals surface area contributed by atoms with Gasteiger partial charge in [0.15, 0.2) is 0 Å². The second kappa shape index (κ2) is 9.08. The van der Waals surface area contributed by atoms with Crippen molar-refractivity contribution < 1.29 is 5.11 Å². The van der Waals surface area contributed by atoms with Crippen LogP contribution in [-0.2, 0) is 19.6 Å². The van der Waals surface area contributed by atoms with Crippen molar-refractivity contribution in [3.8, 4) is 17.0 Å². The van der Waals surface area contributed by atoms with Crippen molar-refractivity contribution in [2.24, 2.45) is 0 Å². The molecule has 4 rings (SSSR count). The van der Waals surface area contributed by atoms with Crippen molar-refractivity contribution in [2.75, 3.05) is 0 Å². The lowest BCUT2D eigenvalue weighted by Crippen LogP contribution is -2.24. The Balaban J connectivity index is 1.58. The highest BCUT2D eigenvalue weighted by Gasteiger charge is 2.12. The van der Waals surface area contributed by atoms with Crippen molar-refractivity contribution in [2.45, 2.75) is 19.6 Å². The summed E-state index contributed by atoms with van der Waals surface area (Å²) in [5.74, 6) is 0.232. The molecule has 0 fully saturated rings. The molecule has 3 heterocycles. The summed E-state index contributed by atoms with van der Waals surface area (Å²) in [7, 11) is 0. The number of aromatic nitrogens is 3. The highest BCUT2D eigenvalue weighted by Crippen LogP contribution is 2.27. The number of hydrogen-bond donors (Lipinski definition) is 1. The van der Waals surface area contributed by atoms with Crippen LogP contribution in [0.1, 0.15) is 17.1 Å². The molecule has 0 bridgehead atoms. The number of benzene rings is 1. The van der Waals surface area contributed by atoms with E-state index in [1.54, 1.807) is 6.07 Å². The standard InChI is InChI=1S/C24H22N4O/c29-24-13-2-1-11-22(24)23-12-7-10-21(27-23)18-28(16-19-8-3-5-14-25-19)17-20-9-4-6-15-26-20/h1-15,29H,16-18H2. The number of nitrogens with zero attached hydrogens (tertiary/aromatic N) is 4. The van der Waals surface area contributed by atoms with Gasteiger partial charge in [-0.3, -0.25) is 19.9 Å². The van der Waals surface area contributed by atoms with Gasteiger partial charge in [-0.25, -0.2) is 0 Å². The van der Waals surface area contributed by atoms with E-state index in [2.05, 4.69) is 14.9 Å². The summed E-state index contributed by atoms with van der Waals surface area (Å²) in [5.41, 5.74) is 4.42. The number of hydrogen-bond acceptors (Lipinski definition) is 5. The minimum Gasteiger partial charge on any atom is -0.507 e. The summed E-state index contributed by atoms with van der Waals surface area (Å²) < 4.78 is 0. The van der Waals surface area contributed by atoms with Crippen LogP contribution in [0.5, 0.6) is 5.75 Å². The van der Waals surface area contributed by atoms with Crippen LogP contribution in [0.4, 0.5) is 0 Å². The number of phenols is 1. The third kappa shape index (κ3) is 5.03. The topological polar surface area (TPSA) is 62.1 Å². The average molecular weight is 382 g/mol. The highest BCUT2D eigenvalue weighted by molar-refractivity contribution is 5.66. The van der Waals surface area contributed by atoms with Crippen LogP contribution in [0.3, 0.4) is 0 Å². The monoisotopic (exact) mass is 382 g/mol. The zero-order chi connectivity index (χ0) is 19.9. The van der Waals surface area contributed by atoms with Gasteiger partial charge in [0.05, 0.1) is 22.8 Å². The summed E-state index contributed by atoms with van der Waals surface area (Å²) in [5, 5.41) is 10.2. The molecule has 0 radical (unpaired) electrons. The fourth-order valence-corrected chi connectivity index (χ4v) is 3.25. The average Bonchev–Trinajstić information content (AvgIpc) is 2.76. The van der Waals surface area contributed by atoms with Crippen LogP contribution in [-0.4, -0.2) is 25.0 Å². The number of pyridine rings is 3. The lowest BCUT2D eigenvalue weighted by Gasteiger charge is -2.21. The van der Waals surface area contributed by atoms with E-state index in [0.29, 0.717) is 19.6 Å². The Morgan fingerprint density at radius 3 is 1.83 bits per heavy atom. The summed E-state index contributed by atoms with van der Waals surface area (Å²) in [4.78, 5) is 16.0. The molecule has 0 aliphatic rings. The molecule has 29 heavy (non-hydrogen) atoms. The van der Waals surface area contributed by atoms with E-state index >= 15 is 0 Å². The van der Waals surface area contributed by atoms with Crippen molar-refractivity contribution in [1.82, 2.24) is 19.9 Å². The quantitative estimate of drug-likeness (QED) is 0.512. The van der Waals surface area contributed by atoms with Gasteiger partial charge in [0.2, 0.25) is 0 Å². The first-order valence-corrected chi connectivity index (χ1v) is 9.54. The van der Waals surface area contributed by atoms with E-state index in [4.69, 9.17) is 4.98 Å². The maximum Gasteiger partial charge on any atom is 0.124 e. The zero-order valence-electron chi connectivity index (χ0n) is 16.0. The molecule has 3 aromatic heterocycles. The second-order valence-electron chi connectivity index (χ2n) is 6.82. The van der Waals surface area contributed by atoms with Crippen LogP contribution in [0.25, 0.3) is 11.3 Å². The minimum absolute atomic E-state index is 0.232. The highest BCUT2D eigenvalue weighted by atomic mass is 16.3. The maximum atomic E-state index is 10.2. The molecule has 1 aromatic carbocycles. The molecular formula is C24H22N4O. The molecule has 0 atom stereocenters. The normalized spacial score (nSPS) is 10.9. The Hall–Kier alpha value is -3.57. The van der Waals surface area contributed by atoms with Crippen molar-refractivity contribution in [3.05, 3.63) is 108 Å². The van der Waals surface area contributed by atoms with E-state index in [1.165, 1.54) is 0 Å². The maximum absolute atomic E-state index is 10.2. The molecule has 4 aromatic rings. The minimum atomic E-state index is 0.232. The largest absolute Gasteiger partial charge is 0.507 e. The van der Waals surface area contributed by atoms with Crippen molar-refractivity contribution >= 4 is 0 Å². The molecule has 0 aliphatic heterocycles. The van der Waals surface area contributed by atoms with Crippen LogP contribution in [0, 0.1) is 0 Å². The van der Waals surface area contributed by atoms with E-state index < -0.39 is 0 Å². The van der Waals surface area contributed by atoms with Crippen molar-refractivity contribution in [3.63, 3.8) is 0 Å². The first-order valence-electron chi connectivity index (χ1n) is 9.54. The van der Waals surface area contributed by atoms with Crippen molar-refractivity contribution in [1.29, 1.82) is 0 Å². The molecule has 0 amide bonds. The lowest BCUT2D eigenvalue weighted by molar-refractivity contribution is 0.239. The van der Waals surface area contributed by atoms with Gasteiger partial charge in [0.1, 0.15) is 5.75 Å². The molecular weight excluding hydrogens is 360 g/mol. The number of para-hydroxylation sites is 1. The van der Waals surface area contributed by atoms with Gasteiger partial charge in [-0.1, -0.05) is 30.3 Å². The zero-order valence-corrected chi connectivity index (χ0v) is 16.0. The smallest absolute Gasteiger partial charge is 0.124 e. The predicted octanol–water partition coefficient (Wildman–Crippen LogP) is 4.45. The first-order chi connectivity index (χ1) is 14.3. The summed E-state index contributed by atoms with van der Waals surface area (Å²) in [6, 6.07) is 25.1. The number of aromatic hydroxyl groups is 1. The molecule has 0 spiro atoms. The van der Waals surface area contributed by atoms with Crippen LogP contribution in [0.2, 0.25) is 0 Å². The van der Waals surface area contributed by atoms with Crippen LogP contribution in [0.15, 0.2) is 91.3 Å². The first kappa shape index (κ1) is 18.8. The van der Waals surface area contributed by atoms with Gasteiger partial charge >= 0.3 is 0 Å². The Kier molecular flexibility index (Phi) is 5.88. The summed E-state index contributed by atoms with van der Waals surface area (Å²) >= 11 is 0. The van der Waals surface area contributed by atoms with Gasteiger partial charge in [-0.2, -0.15) is 0 Å². The predicted molar refractivity (Wildman–Crippen MR) is 113 cm³/mol. The van der Waals surface area contributed by atoms with E-state index in [0.717, 1.165) is 28.3 Å². The lowest BCUT2D eigenvalue weighted by atomic mass is 10.1. The van der Waals surface area contributed by atoms with Crippen LogP contribution < -0.4 is 0 Å². The fraction of sp³-hybridized carbons (Fsp3) is 0.125. The number of phenolic OH excluding ortho intramolecular Hbond substituents is 1. The molecule has 5 nitrogen and oxygen atoms in total. The third-order valence-corrected chi connectivity index (χ3v) is 4.60. The van der Waals surface area contributed by atoms with Gasteiger partial charge in [0.25, 0.3) is 0 Å². The summed E-state index contributed by atoms with van der Waals surface area (Å²) in [6.07, 6.45) is 3.62. The third-order valence-electron chi connectivity index (χ3n) is 4.60. The molecule has 0 saturated heterocycles. The van der Waals surface area contributed by atoms with Gasteiger partial charge in [-0.05, 0) is 48.5 Å². The van der Waals surface area contributed by atoms with Gasteiger partial charge in [0, 0.05) is 37.6 Å². The molecule has 1 N–H and O–H groups in total. The Bertz CT molecular complexity index is 1010. The van der Waals surface area contributed by atoms with Gasteiger partial charge in [-0.15, -0.1) is 0 Å². The Morgan fingerprint density at radius 1 is 0.621 bits per heavy atom. The summed E-state index contributed by atoms with van der Waals surface area (Å²) in [6.45, 7) is 2.04. The molecule has 5 heteroatoms. The molecule has 144 valence electrons. The van der Waals surface area contributed by atoms with E-state index in [1.807, 2.05) is 85.2 Å². The van der Waals surface area contributed by atoms with E-state index in [-0.39, 0.29) is 5.75 Å². The van der Waals surface area contributed by atoms with Gasteiger partial charge < -0.3 is 5.11 Å². The molecule has 0 unspecified atom stereocenters. The Morgan fingerprint density at radius 2 is 1.21 bits per heavy atom. The SMILES string of the molecule is Oc1ccccc1-c1cccc(CN(Cc2ccccn2)Cc2ccccn2)n1. The fourth-order valence-electron chi connectivity index (χ4n) is 3.25. The molecule has 0 saturated carbocycles. The van der Waals surface area contributed by atoms with Crippen LogP contribution >= 0.6 is 0 Å². The number of rotatable bonds is 7.